The van der Waals surface area contributed by atoms with E-state index in [1.165, 1.54) is 33.4 Å². The molecule has 0 aliphatic heterocycles. The molecule has 0 bridgehead atoms. The van der Waals surface area contributed by atoms with Gasteiger partial charge in [-0.05, 0) is 138 Å². The molecular weight excluding hydrogens is 877 g/mol. The Morgan fingerprint density at radius 3 is 1.35 bits per heavy atom. The van der Waals surface area contributed by atoms with Crippen LogP contribution in [0.15, 0.2) is 162 Å². The van der Waals surface area contributed by atoms with Gasteiger partial charge < -0.3 is 24.8 Å². The summed E-state index contributed by atoms with van der Waals surface area (Å²) >= 11 is 0. The Kier molecular flexibility index (Phi) is 18.9. The minimum Gasteiger partial charge on any atom is -0.396 e. The van der Waals surface area contributed by atoms with Crippen molar-refractivity contribution in [1.82, 2.24) is 14.9 Å². The van der Waals surface area contributed by atoms with E-state index in [1.807, 2.05) is 6.92 Å². The van der Waals surface area contributed by atoms with Crippen LogP contribution in [0.2, 0.25) is 0 Å². The average molecular weight is 943 g/mol. The molecule has 6 aromatic carbocycles. The van der Waals surface area contributed by atoms with Crippen LogP contribution in [0.5, 0.6) is 0 Å². The highest BCUT2D eigenvalue weighted by molar-refractivity contribution is 8.78. The number of aromatic nitrogens is 2. The van der Waals surface area contributed by atoms with Gasteiger partial charge >= 0.3 is 0 Å². The van der Waals surface area contributed by atoms with Crippen molar-refractivity contribution in [3.05, 3.63) is 213 Å². The summed E-state index contributed by atoms with van der Waals surface area (Å²) in [5, 5.41) is 17.2. The van der Waals surface area contributed by atoms with Gasteiger partial charge in [-0.1, -0.05) is 130 Å². The lowest BCUT2D eigenvalue weighted by Crippen LogP contribution is -2.26. The van der Waals surface area contributed by atoms with Crippen LogP contribution in [-0.4, -0.2) is 38.7 Å². The number of aryl methyl sites for hydroxylation is 5. The van der Waals surface area contributed by atoms with Crippen LogP contribution in [0.4, 0.5) is 34.1 Å². The van der Waals surface area contributed by atoms with Gasteiger partial charge in [-0.25, -0.2) is 4.98 Å². The first-order valence-electron chi connectivity index (χ1n) is 23.4. The van der Waals surface area contributed by atoms with Crippen molar-refractivity contribution in [2.75, 3.05) is 22.2 Å². The molecular formula is C58H66N6O2S2. The molecule has 68 heavy (non-hydrogen) atoms. The summed E-state index contributed by atoms with van der Waals surface area (Å²) in [7, 11) is 3.32. The lowest BCUT2D eigenvalue weighted by atomic mass is 9.89. The van der Waals surface area contributed by atoms with Crippen LogP contribution < -0.4 is 15.3 Å². The zero-order valence-electron chi connectivity index (χ0n) is 40.8. The second-order valence-electron chi connectivity index (χ2n) is 17.1. The molecule has 10 heteroatoms. The maximum atomic E-state index is 11.5. The summed E-state index contributed by atoms with van der Waals surface area (Å²) in [4.78, 5) is 25.7. The number of carbonyl (C=O) groups is 1. The third-order valence-electron chi connectivity index (χ3n) is 11.8. The molecule has 0 fully saturated rings. The van der Waals surface area contributed by atoms with Crippen molar-refractivity contribution < 1.29 is 9.90 Å². The Balaban J connectivity index is 0.000000280. The van der Waals surface area contributed by atoms with Gasteiger partial charge in [0, 0.05) is 81.2 Å². The van der Waals surface area contributed by atoms with Crippen molar-refractivity contribution >= 4 is 62.1 Å². The van der Waals surface area contributed by atoms with E-state index in [1.54, 1.807) is 39.6 Å². The lowest BCUT2D eigenvalue weighted by molar-refractivity contribution is -0.116. The third kappa shape index (κ3) is 13.6. The summed E-state index contributed by atoms with van der Waals surface area (Å²) in [5.74, 6) is 1.99. The smallest absolute Gasteiger partial charge is 0.214 e. The molecule has 1 amide bonds. The molecule has 7 rings (SSSR count). The van der Waals surface area contributed by atoms with E-state index in [2.05, 4.69) is 207 Å². The molecule has 3 N–H and O–H groups in total. The highest BCUT2D eigenvalue weighted by Crippen LogP contribution is 2.39. The maximum Gasteiger partial charge on any atom is 0.214 e. The molecule has 0 saturated carbocycles. The fourth-order valence-corrected chi connectivity index (χ4v) is 10.5. The van der Waals surface area contributed by atoms with Gasteiger partial charge in [0.15, 0.2) is 0 Å². The molecule has 1 aromatic heterocycles. The largest absolute Gasteiger partial charge is 0.396 e. The number of aliphatic hydroxyl groups is 1. The molecule has 0 aliphatic carbocycles. The number of hydrogen-bond donors (Lipinski definition) is 3. The van der Waals surface area contributed by atoms with Crippen LogP contribution >= 0.6 is 21.6 Å². The van der Waals surface area contributed by atoms with Crippen molar-refractivity contribution in [3.8, 4) is 0 Å². The van der Waals surface area contributed by atoms with Crippen molar-refractivity contribution in [1.29, 1.82) is 5.41 Å². The SMILES string of the molecule is CCC(c1ccc(N(c2ccc(C)cc2)c2ccc(C)cc2)cc1)c1ccc(N(c2ccc(C)cc2)c2ccc(C)cc2)cc1.CCCSS/C(CCO)=C(\C)N(C=O)Cc1cnc(C)[nH]c1=N. The van der Waals surface area contributed by atoms with Gasteiger partial charge in [0.1, 0.15) is 11.3 Å². The van der Waals surface area contributed by atoms with Crippen LogP contribution in [0, 0.1) is 40.0 Å². The van der Waals surface area contributed by atoms with Gasteiger partial charge in [0.05, 0.1) is 6.54 Å². The van der Waals surface area contributed by atoms with Crippen LogP contribution in [0.3, 0.4) is 0 Å². The van der Waals surface area contributed by atoms with E-state index in [0.29, 0.717) is 23.7 Å². The first kappa shape index (κ1) is 51.1. The normalized spacial score (nSPS) is 11.4. The summed E-state index contributed by atoms with van der Waals surface area (Å²) in [6.07, 6.45) is 4.99. The van der Waals surface area contributed by atoms with Crippen LogP contribution in [0.1, 0.15) is 90.7 Å². The quantitative estimate of drug-likeness (QED) is 0.0422. The minimum atomic E-state index is 0.0443. The average Bonchev–Trinajstić information content (AvgIpc) is 3.35. The molecule has 1 heterocycles. The lowest BCUT2D eigenvalue weighted by Gasteiger charge is -2.27. The molecule has 0 unspecified atom stereocenters. The predicted octanol–water partition coefficient (Wildman–Crippen LogP) is 15.0. The topological polar surface area (TPSA) is 99.6 Å². The fourth-order valence-electron chi connectivity index (χ4n) is 7.86. The zero-order chi connectivity index (χ0) is 48.6. The number of benzene rings is 6. The Morgan fingerprint density at radius 2 is 1.03 bits per heavy atom. The number of hydrogen-bond acceptors (Lipinski definition) is 8. The molecule has 352 valence electrons. The van der Waals surface area contributed by atoms with Gasteiger partial charge in [-0.3, -0.25) is 10.2 Å². The number of amides is 1. The highest BCUT2D eigenvalue weighted by atomic mass is 33.1. The zero-order valence-corrected chi connectivity index (χ0v) is 42.4. The number of aromatic amines is 1. The second kappa shape index (κ2) is 25.2. The molecule has 0 atom stereocenters. The van der Waals surface area contributed by atoms with Crippen molar-refractivity contribution in [2.45, 2.75) is 87.1 Å². The highest BCUT2D eigenvalue weighted by Gasteiger charge is 2.18. The molecule has 0 aliphatic rings. The van der Waals surface area contributed by atoms with E-state index in [4.69, 9.17) is 5.41 Å². The molecule has 8 nitrogen and oxygen atoms in total. The number of aliphatic hydroxyl groups excluding tert-OH is 1. The van der Waals surface area contributed by atoms with Crippen LogP contribution in [-0.2, 0) is 11.3 Å². The molecule has 0 spiro atoms. The number of allylic oxidation sites excluding steroid dienone is 1. The standard InChI is InChI=1S/C43H42N2.C15H24N4O2S2/c1-6-43(35-15-27-41(28-16-35)44(37-19-7-31(2)8-20-37)38-21-9-32(3)10-22-38)36-17-29-42(30-18-36)45(39-23-11-33(4)12-24-39)40-25-13-34(5)14-26-40;1-4-7-22-23-14(5-6-20)11(2)19(10-21)9-13-8-17-12(3)18-15(13)16/h7-30,43H,6H2,1-5H3;8,10,20H,4-7,9H2,1-3H3,(H2,16,17,18)/b;14-11+. The molecule has 7 aromatic rings. The number of carbonyl (C=O) groups excluding carboxylic acids is 1. The number of anilines is 6. The summed E-state index contributed by atoms with van der Waals surface area (Å²) in [6.45, 7) is 16.9. The van der Waals surface area contributed by atoms with Gasteiger partial charge in [0.25, 0.3) is 0 Å². The van der Waals surface area contributed by atoms with Gasteiger partial charge in [-0.2, -0.15) is 0 Å². The first-order chi connectivity index (χ1) is 32.9. The Hall–Kier alpha value is -6.33. The number of nitrogens with one attached hydrogen (secondary N) is 2. The first-order valence-corrected chi connectivity index (χ1v) is 25.7. The predicted molar refractivity (Wildman–Crippen MR) is 289 cm³/mol. The Morgan fingerprint density at radius 1 is 0.647 bits per heavy atom. The van der Waals surface area contributed by atoms with E-state index in [9.17, 15) is 9.90 Å². The number of rotatable bonds is 19. The van der Waals surface area contributed by atoms with Crippen molar-refractivity contribution in [3.63, 3.8) is 0 Å². The van der Waals surface area contributed by atoms with E-state index in [-0.39, 0.29) is 18.6 Å². The van der Waals surface area contributed by atoms with Crippen molar-refractivity contribution in [2.24, 2.45) is 0 Å². The second-order valence-corrected chi connectivity index (χ2v) is 19.7. The number of nitrogens with zero attached hydrogens (tertiary/aromatic N) is 4. The molecule has 0 radical (unpaired) electrons. The monoisotopic (exact) mass is 942 g/mol. The van der Waals surface area contributed by atoms with Gasteiger partial charge in [0.2, 0.25) is 6.41 Å². The summed E-state index contributed by atoms with van der Waals surface area (Å²) < 4.78 is 0. The third-order valence-corrected chi connectivity index (χ3v) is 14.7. The Bertz CT molecular complexity index is 2520. The summed E-state index contributed by atoms with van der Waals surface area (Å²) in [5.41, 5.74) is 16.4. The van der Waals surface area contributed by atoms with Gasteiger partial charge in [-0.15, -0.1) is 0 Å². The van der Waals surface area contributed by atoms with Crippen LogP contribution in [0.25, 0.3) is 0 Å². The number of H-pyrrole nitrogens is 1. The summed E-state index contributed by atoms with van der Waals surface area (Å²) in [6, 6.07) is 53.4. The molecule has 0 saturated heterocycles. The van der Waals surface area contributed by atoms with E-state index >= 15 is 0 Å². The maximum absolute atomic E-state index is 11.5. The Labute approximate surface area is 412 Å². The fraction of sp³-hybridized carbons (Fsp3) is 0.259. The van der Waals surface area contributed by atoms with E-state index < -0.39 is 0 Å². The van der Waals surface area contributed by atoms with E-state index in [0.717, 1.165) is 69.7 Å². The minimum absolute atomic E-state index is 0.0443.